The molecule has 2 aliphatic rings. The van der Waals surface area contributed by atoms with Crippen molar-refractivity contribution < 1.29 is 4.52 Å². The minimum Gasteiger partial charge on any atom is -0.339 e. The van der Waals surface area contributed by atoms with E-state index >= 15 is 0 Å². The first kappa shape index (κ1) is 13.0. The Kier molecular flexibility index (Phi) is 3.32. The largest absolute Gasteiger partial charge is 0.339 e. The summed E-state index contributed by atoms with van der Waals surface area (Å²) >= 11 is 0. The molecule has 3 rings (SSSR count). The number of nitrogens with two attached hydrogens (primary N) is 1. The van der Waals surface area contributed by atoms with E-state index in [4.69, 9.17) is 10.3 Å². The van der Waals surface area contributed by atoms with E-state index in [2.05, 4.69) is 34.0 Å². The lowest BCUT2D eigenvalue weighted by Crippen LogP contribution is -2.48. The van der Waals surface area contributed by atoms with Crippen molar-refractivity contribution >= 4 is 0 Å². The van der Waals surface area contributed by atoms with Crippen LogP contribution in [0.5, 0.6) is 0 Å². The lowest BCUT2D eigenvalue weighted by atomic mass is 9.75. The maximum Gasteiger partial charge on any atom is 0.228 e. The van der Waals surface area contributed by atoms with E-state index in [1.807, 2.05) is 0 Å². The van der Waals surface area contributed by atoms with Crippen LogP contribution in [0.2, 0.25) is 0 Å². The van der Waals surface area contributed by atoms with Gasteiger partial charge in [0, 0.05) is 31.6 Å². The van der Waals surface area contributed by atoms with Crippen molar-refractivity contribution in [2.45, 2.75) is 37.3 Å². The van der Waals surface area contributed by atoms with Gasteiger partial charge in [0.2, 0.25) is 5.89 Å². The molecule has 0 bridgehead atoms. The smallest absolute Gasteiger partial charge is 0.228 e. The molecule has 1 unspecified atom stereocenters. The predicted octanol–water partition coefficient (Wildman–Crippen LogP) is 0.412. The van der Waals surface area contributed by atoms with Gasteiger partial charge in [-0.25, -0.2) is 0 Å². The van der Waals surface area contributed by atoms with Crippen LogP contribution in [0.3, 0.4) is 0 Å². The molecule has 1 saturated heterocycles. The second-order valence-electron chi connectivity index (χ2n) is 6.20. The molecule has 6 heteroatoms. The second-order valence-corrected chi connectivity index (χ2v) is 6.20. The number of hydrogen-bond donors (Lipinski definition) is 1. The Bertz CT molecular complexity index is 442. The van der Waals surface area contributed by atoms with E-state index in [9.17, 15) is 0 Å². The topological polar surface area (TPSA) is 71.4 Å². The third-order valence-electron chi connectivity index (χ3n) is 4.49. The van der Waals surface area contributed by atoms with E-state index in [-0.39, 0.29) is 11.6 Å². The summed E-state index contributed by atoms with van der Waals surface area (Å²) in [6, 6.07) is 0.228. The lowest BCUT2D eigenvalue weighted by molar-refractivity contribution is 0.108. The van der Waals surface area contributed by atoms with Crippen molar-refractivity contribution in [2.75, 3.05) is 33.7 Å². The molecule has 1 aliphatic carbocycles. The zero-order valence-electron chi connectivity index (χ0n) is 11.8. The minimum absolute atomic E-state index is 0.0982. The molecule has 6 nitrogen and oxygen atoms in total. The van der Waals surface area contributed by atoms with Crippen molar-refractivity contribution in [2.24, 2.45) is 5.73 Å². The molecule has 2 N–H and O–H groups in total. The molecule has 2 fully saturated rings. The Hall–Kier alpha value is -0.980. The quantitative estimate of drug-likeness (QED) is 0.853. The monoisotopic (exact) mass is 265 g/mol. The molecule has 2 heterocycles. The third-order valence-corrected chi connectivity index (χ3v) is 4.49. The summed E-state index contributed by atoms with van der Waals surface area (Å²) in [6.45, 7) is 3.07. The summed E-state index contributed by atoms with van der Waals surface area (Å²) in [7, 11) is 4.24. The van der Waals surface area contributed by atoms with Crippen LogP contribution in [0, 0.1) is 0 Å². The molecule has 0 amide bonds. The molecule has 0 radical (unpaired) electrons. The Morgan fingerprint density at radius 1 is 1.37 bits per heavy atom. The maximum absolute atomic E-state index is 6.23. The standard InChI is InChI=1S/C13H23N5O/c1-17-6-7-18(2)10(9-17)12-15-11(19-16-12)8-13(14)4-3-5-13/h10H,3-9,14H2,1-2H3. The van der Waals surface area contributed by atoms with E-state index in [0.29, 0.717) is 12.3 Å². The Morgan fingerprint density at radius 2 is 2.16 bits per heavy atom. The number of aromatic nitrogens is 2. The van der Waals surface area contributed by atoms with Crippen LogP contribution in [0.25, 0.3) is 0 Å². The highest BCUT2D eigenvalue weighted by molar-refractivity contribution is 5.03. The molecule has 1 aliphatic heterocycles. The van der Waals surface area contributed by atoms with Gasteiger partial charge in [0.05, 0.1) is 6.04 Å². The van der Waals surface area contributed by atoms with E-state index in [0.717, 1.165) is 38.3 Å². The van der Waals surface area contributed by atoms with Gasteiger partial charge in [0.25, 0.3) is 0 Å². The molecule has 1 aromatic heterocycles. The first-order valence-corrected chi connectivity index (χ1v) is 7.06. The van der Waals surface area contributed by atoms with Gasteiger partial charge in [-0.3, -0.25) is 4.90 Å². The molecule has 106 valence electrons. The summed E-state index contributed by atoms with van der Waals surface area (Å²) in [5.74, 6) is 1.49. The second kappa shape index (κ2) is 4.85. The predicted molar refractivity (Wildman–Crippen MR) is 71.6 cm³/mol. The van der Waals surface area contributed by atoms with Gasteiger partial charge in [-0.2, -0.15) is 4.98 Å². The molecular weight excluding hydrogens is 242 g/mol. The van der Waals surface area contributed by atoms with Crippen LogP contribution in [-0.2, 0) is 6.42 Å². The Balaban J connectivity index is 1.69. The summed E-state index contributed by atoms with van der Waals surface area (Å²) < 4.78 is 5.39. The number of nitrogens with zero attached hydrogens (tertiary/aromatic N) is 4. The Labute approximate surface area is 113 Å². The van der Waals surface area contributed by atoms with Crippen LogP contribution < -0.4 is 5.73 Å². The third kappa shape index (κ3) is 2.66. The van der Waals surface area contributed by atoms with Crippen LogP contribution >= 0.6 is 0 Å². The molecular formula is C13H23N5O. The van der Waals surface area contributed by atoms with Crippen molar-refractivity contribution in [1.82, 2.24) is 19.9 Å². The summed E-state index contributed by atoms with van der Waals surface area (Å²) in [4.78, 5) is 9.15. The maximum atomic E-state index is 6.23. The van der Waals surface area contributed by atoms with Crippen LogP contribution in [0.4, 0.5) is 0 Å². The number of piperazine rings is 1. The van der Waals surface area contributed by atoms with Crippen molar-refractivity contribution in [3.05, 3.63) is 11.7 Å². The average molecular weight is 265 g/mol. The molecule has 19 heavy (non-hydrogen) atoms. The lowest BCUT2D eigenvalue weighted by Gasteiger charge is -2.37. The van der Waals surface area contributed by atoms with Crippen LogP contribution in [0.1, 0.15) is 37.0 Å². The average Bonchev–Trinajstić information content (AvgIpc) is 2.78. The first-order chi connectivity index (χ1) is 9.06. The van der Waals surface area contributed by atoms with Gasteiger partial charge < -0.3 is 15.2 Å². The van der Waals surface area contributed by atoms with Gasteiger partial charge in [-0.1, -0.05) is 5.16 Å². The van der Waals surface area contributed by atoms with Crippen LogP contribution in [0.15, 0.2) is 4.52 Å². The van der Waals surface area contributed by atoms with E-state index < -0.39 is 0 Å². The van der Waals surface area contributed by atoms with Gasteiger partial charge in [-0.05, 0) is 33.4 Å². The highest BCUT2D eigenvalue weighted by Crippen LogP contribution is 2.32. The number of rotatable bonds is 3. The molecule has 0 aromatic carbocycles. The summed E-state index contributed by atoms with van der Waals surface area (Å²) in [6.07, 6.45) is 4.06. The fourth-order valence-corrected chi connectivity index (χ4v) is 2.87. The Morgan fingerprint density at radius 3 is 2.84 bits per heavy atom. The zero-order chi connectivity index (χ0) is 13.5. The van der Waals surface area contributed by atoms with Crippen molar-refractivity contribution in [1.29, 1.82) is 0 Å². The van der Waals surface area contributed by atoms with Gasteiger partial charge in [-0.15, -0.1) is 0 Å². The molecule has 1 atom stereocenters. The minimum atomic E-state index is -0.0982. The molecule has 1 saturated carbocycles. The zero-order valence-corrected chi connectivity index (χ0v) is 11.8. The number of likely N-dealkylation sites (N-methyl/N-ethyl adjacent to an activating group) is 2. The van der Waals surface area contributed by atoms with E-state index in [1.165, 1.54) is 6.42 Å². The fraction of sp³-hybridized carbons (Fsp3) is 0.846. The normalized spacial score (nSPS) is 28.3. The highest BCUT2D eigenvalue weighted by Gasteiger charge is 2.35. The van der Waals surface area contributed by atoms with Crippen molar-refractivity contribution in [3.63, 3.8) is 0 Å². The summed E-state index contributed by atoms with van der Waals surface area (Å²) in [5, 5.41) is 4.16. The van der Waals surface area contributed by atoms with Crippen molar-refractivity contribution in [3.8, 4) is 0 Å². The van der Waals surface area contributed by atoms with Crippen LogP contribution in [-0.4, -0.2) is 59.2 Å². The fourth-order valence-electron chi connectivity index (χ4n) is 2.87. The number of hydrogen-bond acceptors (Lipinski definition) is 6. The molecule has 1 aromatic rings. The SMILES string of the molecule is CN1CCN(C)C(c2noc(CC3(N)CCC3)n2)C1. The van der Waals surface area contributed by atoms with Gasteiger partial charge in [0.1, 0.15) is 0 Å². The van der Waals surface area contributed by atoms with E-state index in [1.54, 1.807) is 0 Å². The van der Waals surface area contributed by atoms with Gasteiger partial charge in [0.15, 0.2) is 5.82 Å². The van der Waals surface area contributed by atoms with Gasteiger partial charge >= 0.3 is 0 Å². The molecule has 0 spiro atoms. The highest BCUT2D eigenvalue weighted by atomic mass is 16.5. The first-order valence-electron chi connectivity index (χ1n) is 7.06. The summed E-state index contributed by atoms with van der Waals surface area (Å²) in [5.41, 5.74) is 6.13.